The molecule has 0 saturated heterocycles. The van der Waals surface area contributed by atoms with Gasteiger partial charge in [-0.3, -0.25) is 0 Å². The lowest BCUT2D eigenvalue weighted by atomic mass is 10.2. The zero-order valence-electron chi connectivity index (χ0n) is 8.86. The molecule has 0 aliphatic heterocycles. The summed E-state index contributed by atoms with van der Waals surface area (Å²) in [6, 6.07) is 6.78. The molecule has 1 aromatic carbocycles. The molecule has 0 amide bonds. The maximum absolute atomic E-state index is 11.6. The van der Waals surface area contributed by atoms with Crippen molar-refractivity contribution in [2.75, 3.05) is 7.11 Å². The number of carbonyl (C=O) groups is 1. The van der Waals surface area contributed by atoms with Crippen LogP contribution in [-0.2, 0) is 4.74 Å². The molecule has 0 aliphatic carbocycles. The molecule has 0 radical (unpaired) electrons. The van der Waals surface area contributed by atoms with Crippen LogP contribution in [0.3, 0.4) is 0 Å². The van der Waals surface area contributed by atoms with E-state index in [0.29, 0.717) is 15.8 Å². The minimum absolute atomic E-state index is 0.335. The zero-order valence-corrected chi connectivity index (χ0v) is 10.4. The van der Waals surface area contributed by atoms with Crippen LogP contribution in [0, 0.1) is 11.3 Å². The topological polar surface area (TPSA) is 59.3 Å². The lowest BCUT2D eigenvalue weighted by Gasteiger charge is -2.08. The number of rotatable bonds is 3. The van der Waals surface area contributed by atoms with Crippen LogP contribution in [0.4, 0.5) is 0 Å². The van der Waals surface area contributed by atoms with Gasteiger partial charge in [-0.1, -0.05) is 0 Å². The molecule has 0 heterocycles. The van der Waals surface area contributed by atoms with Crippen molar-refractivity contribution in [2.24, 2.45) is 0 Å². The molecule has 0 fully saturated rings. The minimum atomic E-state index is -0.773. The summed E-state index contributed by atoms with van der Waals surface area (Å²) in [5.74, 6) is -0.000384. The van der Waals surface area contributed by atoms with Gasteiger partial charge in [0.05, 0.1) is 12.7 Å². The van der Waals surface area contributed by atoms with Crippen LogP contribution in [0.15, 0.2) is 22.7 Å². The fourth-order valence-corrected chi connectivity index (χ4v) is 1.45. The highest BCUT2D eigenvalue weighted by molar-refractivity contribution is 9.10. The first-order valence-corrected chi connectivity index (χ1v) is 5.32. The van der Waals surface area contributed by atoms with Crippen LogP contribution in [0.1, 0.15) is 17.3 Å². The molecule has 0 spiro atoms. The number of hydrogen-bond acceptors (Lipinski definition) is 4. The van der Waals surface area contributed by atoms with Crippen molar-refractivity contribution < 1.29 is 14.3 Å². The monoisotopic (exact) mass is 283 g/mol. The quantitative estimate of drug-likeness (QED) is 0.800. The number of nitrogens with zero attached hydrogens (tertiary/aromatic N) is 1. The average molecular weight is 284 g/mol. The van der Waals surface area contributed by atoms with E-state index in [0.717, 1.165) is 0 Å². The Morgan fingerprint density at radius 3 is 2.81 bits per heavy atom. The Hall–Kier alpha value is -1.54. The van der Waals surface area contributed by atoms with E-state index >= 15 is 0 Å². The second kappa shape index (κ2) is 5.52. The number of halogens is 1. The van der Waals surface area contributed by atoms with Gasteiger partial charge in [0.25, 0.3) is 0 Å². The van der Waals surface area contributed by atoms with E-state index in [1.165, 1.54) is 14.0 Å². The number of nitriles is 1. The van der Waals surface area contributed by atoms with Gasteiger partial charge < -0.3 is 9.47 Å². The predicted molar refractivity (Wildman–Crippen MR) is 61.2 cm³/mol. The highest BCUT2D eigenvalue weighted by Gasteiger charge is 2.15. The fourth-order valence-electron chi connectivity index (χ4n) is 1.04. The first-order valence-electron chi connectivity index (χ1n) is 4.52. The average Bonchev–Trinajstić information content (AvgIpc) is 2.29. The molecule has 16 heavy (non-hydrogen) atoms. The highest BCUT2D eigenvalue weighted by atomic mass is 79.9. The van der Waals surface area contributed by atoms with Crippen molar-refractivity contribution in [3.63, 3.8) is 0 Å². The van der Waals surface area contributed by atoms with E-state index in [2.05, 4.69) is 15.9 Å². The first kappa shape index (κ1) is 12.5. The molecule has 1 rings (SSSR count). The van der Waals surface area contributed by atoms with Crippen LogP contribution in [0.2, 0.25) is 0 Å². The normalized spacial score (nSPS) is 11.4. The SMILES string of the molecule is COc1ccc(Br)c(C(=O)O[C@H](C)C#N)c1. The van der Waals surface area contributed by atoms with Gasteiger partial charge in [-0.05, 0) is 41.1 Å². The number of hydrogen-bond donors (Lipinski definition) is 0. The Morgan fingerprint density at radius 2 is 2.25 bits per heavy atom. The summed E-state index contributed by atoms with van der Waals surface area (Å²) >= 11 is 3.23. The maximum Gasteiger partial charge on any atom is 0.340 e. The Morgan fingerprint density at radius 1 is 1.56 bits per heavy atom. The van der Waals surface area contributed by atoms with E-state index in [4.69, 9.17) is 14.7 Å². The summed E-state index contributed by atoms with van der Waals surface area (Å²) in [6.45, 7) is 1.51. The molecular formula is C11H10BrNO3. The van der Waals surface area contributed by atoms with Crippen LogP contribution >= 0.6 is 15.9 Å². The Labute approximate surface area is 102 Å². The van der Waals surface area contributed by atoms with Gasteiger partial charge in [-0.25, -0.2) is 4.79 Å². The predicted octanol–water partition coefficient (Wildman–Crippen LogP) is 2.53. The lowest BCUT2D eigenvalue weighted by molar-refractivity contribution is 0.0434. The Balaban J connectivity index is 2.95. The molecule has 0 N–H and O–H groups in total. The van der Waals surface area contributed by atoms with Gasteiger partial charge in [0, 0.05) is 4.47 Å². The van der Waals surface area contributed by atoms with Crippen molar-refractivity contribution in [2.45, 2.75) is 13.0 Å². The Bertz CT molecular complexity index is 439. The molecule has 0 aromatic heterocycles. The van der Waals surface area contributed by atoms with Crippen LogP contribution in [0.5, 0.6) is 5.75 Å². The number of ether oxygens (including phenoxy) is 2. The van der Waals surface area contributed by atoms with Crippen LogP contribution < -0.4 is 4.74 Å². The number of carbonyl (C=O) groups excluding carboxylic acids is 1. The summed E-state index contributed by atoms with van der Waals surface area (Å²) in [5, 5.41) is 8.54. The zero-order chi connectivity index (χ0) is 12.1. The first-order chi connectivity index (χ1) is 7.58. The summed E-state index contributed by atoms with van der Waals surface area (Å²) in [6.07, 6.45) is -0.773. The van der Waals surface area contributed by atoms with Crippen LogP contribution in [-0.4, -0.2) is 19.2 Å². The summed E-state index contributed by atoms with van der Waals surface area (Å²) in [5.41, 5.74) is 0.335. The number of methoxy groups -OCH3 is 1. The van der Waals surface area contributed by atoms with Crippen molar-refractivity contribution in [1.82, 2.24) is 0 Å². The molecule has 84 valence electrons. The van der Waals surface area contributed by atoms with Gasteiger partial charge in [-0.2, -0.15) is 5.26 Å². The highest BCUT2D eigenvalue weighted by Crippen LogP contribution is 2.23. The van der Waals surface area contributed by atoms with Crippen molar-refractivity contribution >= 4 is 21.9 Å². The van der Waals surface area contributed by atoms with Gasteiger partial charge >= 0.3 is 5.97 Å². The standard InChI is InChI=1S/C11H10BrNO3/c1-7(6-13)16-11(14)9-5-8(15-2)3-4-10(9)12/h3-5,7H,1-2H3/t7-/m1/s1. The maximum atomic E-state index is 11.6. The molecule has 5 heteroatoms. The van der Waals surface area contributed by atoms with E-state index in [1.807, 2.05) is 6.07 Å². The van der Waals surface area contributed by atoms with Gasteiger partial charge in [-0.15, -0.1) is 0 Å². The van der Waals surface area contributed by atoms with Crippen molar-refractivity contribution in [3.05, 3.63) is 28.2 Å². The molecule has 0 bridgehead atoms. The van der Waals surface area contributed by atoms with Crippen molar-refractivity contribution in [3.8, 4) is 11.8 Å². The third-order valence-electron chi connectivity index (χ3n) is 1.86. The molecule has 4 nitrogen and oxygen atoms in total. The smallest absolute Gasteiger partial charge is 0.340 e. The number of esters is 1. The lowest BCUT2D eigenvalue weighted by Crippen LogP contribution is -2.13. The van der Waals surface area contributed by atoms with Gasteiger partial charge in [0.1, 0.15) is 11.8 Å². The minimum Gasteiger partial charge on any atom is -0.497 e. The fraction of sp³-hybridized carbons (Fsp3) is 0.273. The molecule has 1 atom stereocenters. The van der Waals surface area contributed by atoms with E-state index in [-0.39, 0.29) is 0 Å². The molecule has 0 unspecified atom stereocenters. The molecular weight excluding hydrogens is 274 g/mol. The van der Waals surface area contributed by atoms with Gasteiger partial charge in [0.15, 0.2) is 6.10 Å². The Kier molecular flexibility index (Phi) is 4.32. The third kappa shape index (κ3) is 2.97. The largest absolute Gasteiger partial charge is 0.497 e. The van der Waals surface area contributed by atoms with Gasteiger partial charge in [0.2, 0.25) is 0 Å². The van der Waals surface area contributed by atoms with E-state index in [1.54, 1.807) is 18.2 Å². The third-order valence-corrected chi connectivity index (χ3v) is 2.55. The second-order valence-corrected chi connectivity index (χ2v) is 3.88. The van der Waals surface area contributed by atoms with E-state index in [9.17, 15) is 4.79 Å². The molecule has 1 aromatic rings. The van der Waals surface area contributed by atoms with E-state index < -0.39 is 12.1 Å². The van der Waals surface area contributed by atoms with Crippen LogP contribution in [0.25, 0.3) is 0 Å². The number of benzene rings is 1. The summed E-state index contributed by atoms with van der Waals surface area (Å²) < 4.78 is 10.5. The summed E-state index contributed by atoms with van der Waals surface area (Å²) in [4.78, 5) is 11.6. The summed E-state index contributed by atoms with van der Waals surface area (Å²) in [7, 11) is 1.51. The molecule has 0 aliphatic rings. The van der Waals surface area contributed by atoms with Crippen molar-refractivity contribution in [1.29, 1.82) is 5.26 Å². The molecule has 0 saturated carbocycles. The second-order valence-electron chi connectivity index (χ2n) is 3.02.